The van der Waals surface area contributed by atoms with E-state index in [-0.39, 0.29) is 18.1 Å². The maximum Gasteiger partial charge on any atom is 0.223 e. The highest BCUT2D eigenvalue weighted by atomic mass is 35.5. The molecule has 1 aliphatic heterocycles. The monoisotopic (exact) mass is 296 g/mol. The number of halogens is 1. The first-order chi connectivity index (χ1) is 9.69. The summed E-state index contributed by atoms with van der Waals surface area (Å²) in [4.78, 5) is 12.1. The standard InChI is InChI=1S/C15H21ClN2O2/c1-2-14(11-4-3-5-12(16)8-11)18-15(19)9-13-10-17-6-7-20-13/h3-5,8,13-14,17H,2,6-7,9-10H2,1H3,(H,18,19). The first-order valence-electron chi connectivity index (χ1n) is 7.06. The molecule has 0 radical (unpaired) electrons. The molecule has 2 atom stereocenters. The van der Waals surface area contributed by atoms with E-state index in [1.165, 1.54) is 0 Å². The van der Waals surface area contributed by atoms with Crippen LogP contribution >= 0.6 is 11.6 Å². The van der Waals surface area contributed by atoms with Gasteiger partial charge in [0.15, 0.2) is 0 Å². The third-order valence-electron chi connectivity index (χ3n) is 3.41. The van der Waals surface area contributed by atoms with Gasteiger partial charge >= 0.3 is 0 Å². The highest BCUT2D eigenvalue weighted by Crippen LogP contribution is 2.20. The molecule has 1 aromatic carbocycles. The van der Waals surface area contributed by atoms with Crippen molar-refractivity contribution in [3.8, 4) is 0 Å². The van der Waals surface area contributed by atoms with Crippen LogP contribution in [-0.2, 0) is 9.53 Å². The topological polar surface area (TPSA) is 50.4 Å². The molecule has 20 heavy (non-hydrogen) atoms. The van der Waals surface area contributed by atoms with Gasteiger partial charge in [0.25, 0.3) is 0 Å². The lowest BCUT2D eigenvalue weighted by Crippen LogP contribution is -2.41. The largest absolute Gasteiger partial charge is 0.375 e. The second kappa shape index (κ2) is 7.62. The van der Waals surface area contributed by atoms with Crippen molar-refractivity contribution in [1.82, 2.24) is 10.6 Å². The maximum absolute atomic E-state index is 12.1. The Morgan fingerprint density at radius 1 is 1.60 bits per heavy atom. The van der Waals surface area contributed by atoms with Gasteiger partial charge in [-0.1, -0.05) is 30.7 Å². The Bertz CT molecular complexity index is 447. The third-order valence-corrected chi connectivity index (χ3v) is 3.65. The van der Waals surface area contributed by atoms with Gasteiger partial charge in [-0.15, -0.1) is 0 Å². The van der Waals surface area contributed by atoms with Gasteiger partial charge in [-0.2, -0.15) is 0 Å². The highest BCUT2D eigenvalue weighted by Gasteiger charge is 2.19. The molecule has 2 N–H and O–H groups in total. The summed E-state index contributed by atoms with van der Waals surface area (Å²) in [7, 11) is 0. The van der Waals surface area contributed by atoms with Crippen LogP contribution in [-0.4, -0.2) is 31.7 Å². The van der Waals surface area contributed by atoms with E-state index in [2.05, 4.69) is 10.6 Å². The van der Waals surface area contributed by atoms with Gasteiger partial charge < -0.3 is 15.4 Å². The van der Waals surface area contributed by atoms with Crippen molar-refractivity contribution in [3.63, 3.8) is 0 Å². The molecule has 1 amide bonds. The van der Waals surface area contributed by atoms with E-state index in [9.17, 15) is 4.79 Å². The molecule has 1 heterocycles. The van der Waals surface area contributed by atoms with Crippen molar-refractivity contribution in [3.05, 3.63) is 34.9 Å². The van der Waals surface area contributed by atoms with Crippen molar-refractivity contribution in [2.75, 3.05) is 19.7 Å². The summed E-state index contributed by atoms with van der Waals surface area (Å²) in [5, 5.41) is 6.97. The van der Waals surface area contributed by atoms with Crippen LogP contribution in [0.25, 0.3) is 0 Å². The molecule has 1 aliphatic rings. The average molecular weight is 297 g/mol. The Morgan fingerprint density at radius 2 is 2.45 bits per heavy atom. The summed E-state index contributed by atoms with van der Waals surface area (Å²) in [6.45, 7) is 4.31. The normalized spacial score (nSPS) is 20.4. The highest BCUT2D eigenvalue weighted by molar-refractivity contribution is 6.30. The zero-order chi connectivity index (χ0) is 14.4. The summed E-state index contributed by atoms with van der Waals surface area (Å²) in [6.07, 6.45) is 1.19. The molecule has 0 spiro atoms. The molecule has 5 heteroatoms. The number of hydrogen-bond acceptors (Lipinski definition) is 3. The third kappa shape index (κ3) is 4.47. The minimum atomic E-state index is -0.0272. The smallest absolute Gasteiger partial charge is 0.223 e. The van der Waals surface area contributed by atoms with E-state index in [0.717, 1.165) is 25.1 Å². The second-order valence-electron chi connectivity index (χ2n) is 4.98. The molecule has 0 bridgehead atoms. The predicted molar refractivity (Wildman–Crippen MR) is 79.9 cm³/mol. The average Bonchev–Trinajstić information content (AvgIpc) is 2.46. The van der Waals surface area contributed by atoms with Crippen LogP contribution in [0.15, 0.2) is 24.3 Å². The van der Waals surface area contributed by atoms with Gasteiger partial charge in [-0.3, -0.25) is 4.79 Å². The number of carbonyl (C=O) groups is 1. The van der Waals surface area contributed by atoms with Gasteiger partial charge in [0.1, 0.15) is 0 Å². The number of nitrogens with one attached hydrogen (secondary N) is 2. The molecule has 4 nitrogen and oxygen atoms in total. The molecule has 0 saturated carbocycles. The Labute approximate surface area is 124 Å². The van der Waals surface area contributed by atoms with Crippen LogP contribution in [0.3, 0.4) is 0 Å². The predicted octanol–water partition coefficient (Wildman–Crippen LogP) is 2.29. The molecule has 110 valence electrons. The van der Waals surface area contributed by atoms with Crippen molar-refractivity contribution < 1.29 is 9.53 Å². The van der Waals surface area contributed by atoms with Gasteiger partial charge in [-0.25, -0.2) is 0 Å². The number of amides is 1. The van der Waals surface area contributed by atoms with Gasteiger partial charge in [-0.05, 0) is 24.1 Å². The van der Waals surface area contributed by atoms with Crippen molar-refractivity contribution in [1.29, 1.82) is 0 Å². The van der Waals surface area contributed by atoms with E-state index < -0.39 is 0 Å². The Balaban J connectivity index is 1.90. The van der Waals surface area contributed by atoms with Crippen molar-refractivity contribution in [2.45, 2.75) is 31.9 Å². The molecule has 1 aromatic rings. The summed E-state index contributed by atoms with van der Waals surface area (Å²) in [6, 6.07) is 7.62. The van der Waals surface area contributed by atoms with Crippen LogP contribution in [0.1, 0.15) is 31.4 Å². The second-order valence-corrected chi connectivity index (χ2v) is 5.42. The number of carbonyl (C=O) groups excluding carboxylic acids is 1. The molecular formula is C15H21ClN2O2. The quantitative estimate of drug-likeness (QED) is 0.876. The minimum Gasteiger partial charge on any atom is -0.375 e. The fraction of sp³-hybridized carbons (Fsp3) is 0.533. The van der Waals surface area contributed by atoms with E-state index in [1.807, 2.05) is 31.2 Å². The molecule has 2 unspecified atom stereocenters. The Kier molecular flexibility index (Phi) is 5.83. The number of hydrogen-bond donors (Lipinski definition) is 2. The van der Waals surface area contributed by atoms with Crippen LogP contribution in [0.4, 0.5) is 0 Å². The number of rotatable bonds is 5. The minimum absolute atomic E-state index is 0.00208. The van der Waals surface area contributed by atoms with E-state index in [1.54, 1.807) is 0 Å². The van der Waals surface area contributed by atoms with Gasteiger partial charge in [0.2, 0.25) is 5.91 Å². The molecule has 1 saturated heterocycles. The van der Waals surface area contributed by atoms with Crippen molar-refractivity contribution >= 4 is 17.5 Å². The maximum atomic E-state index is 12.1. The first-order valence-corrected chi connectivity index (χ1v) is 7.44. The van der Waals surface area contributed by atoms with Crippen molar-refractivity contribution in [2.24, 2.45) is 0 Å². The Hall–Kier alpha value is -1.10. The van der Waals surface area contributed by atoms with Gasteiger partial charge in [0.05, 0.1) is 25.2 Å². The zero-order valence-electron chi connectivity index (χ0n) is 11.7. The summed E-state index contributed by atoms with van der Waals surface area (Å²) in [5.74, 6) is 0.0190. The van der Waals surface area contributed by atoms with Crippen LogP contribution in [0, 0.1) is 0 Å². The summed E-state index contributed by atoms with van der Waals surface area (Å²) < 4.78 is 5.54. The number of benzene rings is 1. The summed E-state index contributed by atoms with van der Waals surface area (Å²) >= 11 is 6.00. The lowest BCUT2D eigenvalue weighted by Gasteiger charge is -2.24. The number of morpholine rings is 1. The molecular weight excluding hydrogens is 276 g/mol. The Morgan fingerprint density at radius 3 is 3.10 bits per heavy atom. The van der Waals surface area contributed by atoms with E-state index in [4.69, 9.17) is 16.3 Å². The molecule has 0 aliphatic carbocycles. The number of ether oxygens (including phenoxy) is 1. The SMILES string of the molecule is CCC(NC(=O)CC1CNCCO1)c1cccc(Cl)c1. The molecule has 1 fully saturated rings. The fourth-order valence-electron chi connectivity index (χ4n) is 2.36. The zero-order valence-corrected chi connectivity index (χ0v) is 12.5. The van der Waals surface area contributed by atoms with Crippen LogP contribution in [0.5, 0.6) is 0 Å². The lowest BCUT2D eigenvalue weighted by atomic mass is 10.0. The lowest BCUT2D eigenvalue weighted by molar-refractivity contribution is -0.125. The fourth-order valence-corrected chi connectivity index (χ4v) is 2.55. The van der Waals surface area contributed by atoms with Gasteiger partial charge in [0, 0.05) is 18.1 Å². The van der Waals surface area contributed by atoms with E-state index in [0.29, 0.717) is 18.1 Å². The summed E-state index contributed by atoms with van der Waals surface area (Å²) in [5.41, 5.74) is 1.04. The first kappa shape index (κ1) is 15.3. The van der Waals surface area contributed by atoms with E-state index >= 15 is 0 Å². The molecule has 0 aromatic heterocycles. The van der Waals surface area contributed by atoms with Crippen LogP contribution < -0.4 is 10.6 Å². The molecule has 2 rings (SSSR count). The van der Waals surface area contributed by atoms with Crippen LogP contribution in [0.2, 0.25) is 5.02 Å².